The van der Waals surface area contributed by atoms with Crippen LogP contribution in [-0.4, -0.2) is 37.2 Å². The monoisotopic (exact) mass is 1020 g/mol. The van der Waals surface area contributed by atoms with Crippen LogP contribution in [-0.2, 0) is 28.6 Å². The molecule has 0 rings (SSSR count). The van der Waals surface area contributed by atoms with Gasteiger partial charge in [0.15, 0.2) is 6.10 Å². The van der Waals surface area contributed by atoms with E-state index in [0.717, 1.165) is 77.0 Å². The van der Waals surface area contributed by atoms with Gasteiger partial charge < -0.3 is 14.2 Å². The standard InChI is InChI=1S/C67H116O6/c1-4-7-10-13-16-19-22-25-28-31-33-36-39-42-45-48-51-54-57-60-66(69)72-63-64(62-71-65(68)59-56-53-50-47-44-41-38-35-30-27-24-21-18-15-12-9-6-3)73-67(70)61-58-55-52-49-46-43-40-37-34-32-29-26-23-20-17-14-11-8-5-2/h9,12,18,21,25-30,38,41,47,50,64H,4-8,10-11,13-17,19-20,22-24,31-37,39-40,42-46,48-49,51-63H2,1-3H3/b12-9-,21-18-,28-25-,29-26-,30-27-,41-38-,50-47-. The molecule has 0 N–H and O–H groups in total. The summed E-state index contributed by atoms with van der Waals surface area (Å²) in [6.45, 7) is 6.50. The second kappa shape index (κ2) is 61.1. The number of rotatable bonds is 56. The fourth-order valence-electron chi connectivity index (χ4n) is 8.70. The van der Waals surface area contributed by atoms with E-state index in [-0.39, 0.29) is 37.5 Å². The first-order chi connectivity index (χ1) is 36.0. The Morgan fingerprint density at radius 3 is 0.904 bits per heavy atom. The quantitative estimate of drug-likeness (QED) is 0.0261. The van der Waals surface area contributed by atoms with E-state index >= 15 is 0 Å². The summed E-state index contributed by atoms with van der Waals surface area (Å²) in [5.74, 6) is -0.949. The minimum absolute atomic E-state index is 0.0950. The maximum Gasteiger partial charge on any atom is 0.306 e. The molecule has 420 valence electrons. The molecule has 0 fully saturated rings. The van der Waals surface area contributed by atoms with Gasteiger partial charge in [0, 0.05) is 19.3 Å². The molecule has 6 nitrogen and oxygen atoms in total. The molecule has 1 atom stereocenters. The fourth-order valence-corrected chi connectivity index (χ4v) is 8.70. The molecule has 0 saturated heterocycles. The number of allylic oxidation sites excluding steroid dienone is 14. The molecule has 0 radical (unpaired) electrons. The molecule has 0 saturated carbocycles. The summed E-state index contributed by atoms with van der Waals surface area (Å²) in [5.41, 5.74) is 0. The van der Waals surface area contributed by atoms with Crippen LogP contribution in [0.15, 0.2) is 85.1 Å². The van der Waals surface area contributed by atoms with Crippen molar-refractivity contribution in [3.63, 3.8) is 0 Å². The van der Waals surface area contributed by atoms with E-state index in [9.17, 15) is 14.4 Å². The van der Waals surface area contributed by atoms with Crippen LogP contribution in [0.4, 0.5) is 0 Å². The lowest BCUT2D eigenvalue weighted by Crippen LogP contribution is -2.30. The number of carbonyl (C=O) groups is 3. The molecule has 0 aromatic carbocycles. The van der Waals surface area contributed by atoms with Gasteiger partial charge >= 0.3 is 17.9 Å². The van der Waals surface area contributed by atoms with Crippen molar-refractivity contribution in [1.29, 1.82) is 0 Å². The lowest BCUT2D eigenvalue weighted by atomic mass is 10.1. The zero-order valence-electron chi connectivity index (χ0n) is 48.1. The van der Waals surface area contributed by atoms with Crippen molar-refractivity contribution >= 4 is 17.9 Å². The molecule has 0 spiro atoms. The first-order valence-electron chi connectivity index (χ1n) is 31.1. The number of hydrogen-bond donors (Lipinski definition) is 0. The van der Waals surface area contributed by atoms with Gasteiger partial charge in [-0.3, -0.25) is 14.4 Å². The van der Waals surface area contributed by atoms with Gasteiger partial charge in [0.25, 0.3) is 0 Å². The molecule has 0 amide bonds. The number of unbranched alkanes of at least 4 members (excludes halogenated alkanes) is 31. The SMILES string of the molecule is CC/C=C\C/C=C\C/C=C\C/C=C\C/C=C\CCCC(=O)OCC(COC(=O)CCCCCCCCCCC/C=C\CCCCCCCC)OC(=O)CCCCCCCCCCC/C=C\CCCCCCCC. The van der Waals surface area contributed by atoms with Crippen molar-refractivity contribution < 1.29 is 28.6 Å². The molecule has 0 aromatic heterocycles. The van der Waals surface area contributed by atoms with Gasteiger partial charge in [0.05, 0.1) is 0 Å². The van der Waals surface area contributed by atoms with Crippen LogP contribution >= 0.6 is 0 Å². The Bertz CT molecular complexity index is 1400. The highest BCUT2D eigenvalue weighted by atomic mass is 16.6. The maximum absolute atomic E-state index is 12.9. The van der Waals surface area contributed by atoms with Crippen molar-refractivity contribution in [3.8, 4) is 0 Å². The van der Waals surface area contributed by atoms with Crippen LogP contribution in [0, 0.1) is 0 Å². The van der Waals surface area contributed by atoms with Gasteiger partial charge in [-0.1, -0.05) is 260 Å². The number of hydrogen-bond acceptors (Lipinski definition) is 6. The second-order valence-corrected chi connectivity index (χ2v) is 20.6. The maximum atomic E-state index is 12.9. The summed E-state index contributed by atoms with van der Waals surface area (Å²) in [6, 6.07) is 0. The summed E-state index contributed by atoms with van der Waals surface area (Å²) in [4.78, 5) is 38.3. The Labute approximate surface area is 452 Å². The summed E-state index contributed by atoms with van der Waals surface area (Å²) < 4.78 is 16.9. The van der Waals surface area contributed by atoms with Gasteiger partial charge in [-0.2, -0.15) is 0 Å². The van der Waals surface area contributed by atoms with Crippen molar-refractivity contribution in [2.24, 2.45) is 0 Å². The van der Waals surface area contributed by atoms with Crippen molar-refractivity contribution in [1.82, 2.24) is 0 Å². The number of carbonyl (C=O) groups excluding carboxylic acids is 3. The van der Waals surface area contributed by atoms with E-state index in [1.807, 2.05) is 0 Å². The van der Waals surface area contributed by atoms with Crippen LogP contribution in [0.5, 0.6) is 0 Å². The number of ether oxygens (including phenoxy) is 3. The minimum atomic E-state index is -0.802. The van der Waals surface area contributed by atoms with Gasteiger partial charge in [0.1, 0.15) is 13.2 Å². The van der Waals surface area contributed by atoms with Crippen LogP contribution in [0.3, 0.4) is 0 Å². The Kier molecular flexibility index (Phi) is 58.3. The smallest absolute Gasteiger partial charge is 0.306 e. The zero-order chi connectivity index (χ0) is 52.9. The third-order valence-corrected chi connectivity index (χ3v) is 13.4. The highest BCUT2D eigenvalue weighted by molar-refractivity contribution is 5.71. The predicted octanol–water partition coefficient (Wildman–Crippen LogP) is 21.1. The third-order valence-electron chi connectivity index (χ3n) is 13.4. The molecule has 0 aliphatic carbocycles. The second-order valence-electron chi connectivity index (χ2n) is 20.6. The van der Waals surface area contributed by atoms with Gasteiger partial charge in [-0.25, -0.2) is 0 Å². The molecular formula is C67H116O6. The summed E-state index contributed by atoms with van der Waals surface area (Å²) >= 11 is 0. The number of esters is 3. The average molecular weight is 1020 g/mol. The predicted molar refractivity (Wildman–Crippen MR) is 316 cm³/mol. The first kappa shape index (κ1) is 69.6. The van der Waals surface area contributed by atoms with Crippen LogP contribution < -0.4 is 0 Å². The van der Waals surface area contributed by atoms with E-state index < -0.39 is 6.10 Å². The lowest BCUT2D eigenvalue weighted by molar-refractivity contribution is -0.167. The van der Waals surface area contributed by atoms with Crippen molar-refractivity contribution in [3.05, 3.63) is 85.1 Å². The zero-order valence-corrected chi connectivity index (χ0v) is 48.1. The molecular weight excluding hydrogens is 901 g/mol. The van der Waals surface area contributed by atoms with E-state index in [0.29, 0.717) is 19.3 Å². The molecule has 0 bridgehead atoms. The molecule has 0 aromatic rings. The third kappa shape index (κ3) is 59.3. The molecule has 0 heterocycles. The summed E-state index contributed by atoms with van der Waals surface area (Å²) in [6.07, 6.45) is 80.1. The highest BCUT2D eigenvalue weighted by Gasteiger charge is 2.19. The Morgan fingerprint density at radius 2 is 0.548 bits per heavy atom. The molecule has 73 heavy (non-hydrogen) atoms. The minimum Gasteiger partial charge on any atom is -0.462 e. The molecule has 0 aliphatic heterocycles. The fraction of sp³-hybridized carbons (Fsp3) is 0.746. The topological polar surface area (TPSA) is 78.9 Å². The Morgan fingerprint density at radius 1 is 0.288 bits per heavy atom. The normalized spacial score (nSPS) is 12.6. The van der Waals surface area contributed by atoms with E-state index in [4.69, 9.17) is 14.2 Å². The van der Waals surface area contributed by atoms with Crippen molar-refractivity contribution in [2.45, 2.75) is 309 Å². The largest absolute Gasteiger partial charge is 0.462 e. The van der Waals surface area contributed by atoms with Crippen LogP contribution in [0.2, 0.25) is 0 Å². The molecule has 1 unspecified atom stereocenters. The first-order valence-corrected chi connectivity index (χ1v) is 31.1. The van der Waals surface area contributed by atoms with Gasteiger partial charge in [-0.15, -0.1) is 0 Å². The van der Waals surface area contributed by atoms with Crippen LogP contribution in [0.1, 0.15) is 303 Å². The Balaban J connectivity index is 4.44. The van der Waals surface area contributed by atoms with E-state index in [1.165, 1.54) is 180 Å². The lowest BCUT2D eigenvalue weighted by Gasteiger charge is -2.18. The summed E-state index contributed by atoms with van der Waals surface area (Å²) in [5, 5.41) is 0. The molecule has 6 heteroatoms. The molecule has 0 aliphatic rings. The van der Waals surface area contributed by atoms with E-state index in [2.05, 4.69) is 106 Å². The highest BCUT2D eigenvalue weighted by Crippen LogP contribution is 2.16. The average Bonchev–Trinajstić information content (AvgIpc) is 3.39. The van der Waals surface area contributed by atoms with Gasteiger partial charge in [0.2, 0.25) is 0 Å². The Hall–Kier alpha value is -3.41. The van der Waals surface area contributed by atoms with E-state index in [1.54, 1.807) is 0 Å². The van der Waals surface area contributed by atoms with Crippen LogP contribution in [0.25, 0.3) is 0 Å². The van der Waals surface area contributed by atoms with Gasteiger partial charge in [-0.05, 0) is 109 Å². The summed E-state index contributed by atoms with van der Waals surface area (Å²) in [7, 11) is 0. The van der Waals surface area contributed by atoms with Crippen molar-refractivity contribution in [2.75, 3.05) is 13.2 Å².